The molecule has 49 valence electrons. The molecule has 0 amide bonds. The minimum absolute atomic E-state index is 0.519. The van der Waals surface area contributed by atoms with Crippen LogP contribution in [0.4, 0.5) is 0 Å². The first-order chi connectivity index (χ1) is 4.84. The van der Waals surface area contributed by atoms with Gasteiger partial charge < -0.3 is 4.74 Å². The predicted molar refractivity (Wildman–Crippen MR) is 37.1 cm³/mol. The Balaban J connectivity index is 2.94. The van der Waals surface area contributed by atoms with E-state index in [1.807, 2.05) is 6.07 Å². The van der Waals surface area contributed by atoms with Gasteiger partial charge in [0.2, 0.25) is 0 Å². The SMILES string of the molecule is [CH2]c1ccccc1OC#N. The van der Waals surface area contributed by atoms with Crippen molar-refractivity contribution in [1.82, 2.24) is 0 Å². The minimum atomic E-state index is 0.519. The Morgan fingerprint density at radius 1 is 1.40 bits per heavy atom. The molecule has 0 N–H and O–H groups in total. The molecule has 0 unspecified atom stereocenters. The van der Waals surface area contributed by atoms with Crippen LogP contribution in [0.25, 0.3) is 0 Å². The topological polar surface area (TPSA) is 33.0 Å². The monoisotopic (exact) mass is 132 g/mol. The van der Waals surface area contributed by atoms with Crippen LogP contribution in [0.1, 0.15) is 5.56 Å². The molecule has 0 saturated carbocycles. The summed E-state index contributed by atoms with van der Waals surface area (Å²) >= 11 is 0. The first-order valence-electron chi connectivity index (χ1n) is 2.81. The fourth-order valence-electron chi connectivity index (χ4n) is 0.653. The van der Waals surface area contributed by atoms with Crippen molar-refractivity contribution in [3.8, 4) is 12.0 Å². The third-order valence-electron chi connectivity index (χ3n) is 1.13. The Labute approximate surface area is 59.7 Å². The second-order valence-corrected chi connectivity index (χ2v) is 1.80. The maximum atomic E-state index is 8.14. The van der Waals surface area contributed by atoms with Crippen molar-refractivity contribution < 1.29 is 4.74 Å². The number of nitriles is 1. The van der Waals surface area contributed by atoms with E-state index in [0.29, 0.717) is 5.75 Å². The Morgan fingerprint density at radius 2 is 2.10 bits per heavy atom. The highest BCUT2D eigenvalue weighted by molar-refractivity contribution is 5.35. The van der Waals surface area contributed by atoms with Crippen LogP contribution in [0.3, 0.4) is 0 Å². The van der Waals surface area contributed by atoms with Crippen LogP contribution in [0.15, 0.2) is 24.3 Å². The molecule has 0 bridgehead atoms. The summed E-state index contributed by atoms with van der Waals surface area (Å²) < 4.78 is 4.58. The molecule has 0 aliphatic heterocycles. The quantitative estimate of drug-likeness (QED) is 0.545. The van der Waals surface area contributed by atoms with E-state index in [1.54, 1.807) is 24.5 Å². The van der Waals surface area contributed by atoms with Gasteiger partial charge in [-0.1, -0.05) is 18.2 Å². The van der Waals surface area contributed by atoms with Crippen LogP contribution in [-0.2, 0) is 0 Å². The molecular formula is C8H6NO. The summed E-state index contributed by atoms with van der Waals surface area (Å²) in [6, 6.07) is 7.12. The van der Waals surface area contributed by atoms with Crippen molar-refractivity contribution in [1.29, 1.82) is 5.26 Å². The van der Waals surface area contributed by atoms with Crippen LogP contribution in [-0.4, -0.2) is 0 Å². The maximum absolute atomic E-state index is 8.14. The van der Waals surface area contributed by atoms with Crippen molar-refractivity contribution in [3.05, 3.63) is 36.8 Å². The van der Waals surface area contributed by atoms with Crippen LogP contribution in [0, 0.1) is 18.4 Å². The van der Waals surface area contributed by atoms with Crippen molar-refractivity contribution in [3.63, 3.8) is 0 Å². The minimum Gasteiger partial charge on any atom is -0.388 e. The molecule has 10 heavy (non-hydrogen) atoms. The molecule has 2 nitrogen and oxygen atoms in total. The molecule has 1 aromatic carbocycles. The van der Waals surface area contributed by atoms with Gasteiger partial charge in [0.25, 0.3) is 6.26 Å². The largest absolute Gasteiger partial charge is 0.388 e. The zero-order valence-electron chi connectivity index (χ0n) is 5.37. The number of hydrogen-bond donors (Lipinski definition) is 0. The molecule has 0 heterocycles. The molecule has 0 saturated heterocycles. The number of ether oxygens (including phenoxy) is 1. The van der Waals surface area contributed by atoms with Crippen LogP contribution in [0.2, 0.25) is 0 Å². The first kappa shape index (κ1) is 6.63. The second-order valence-electron chi connectivity index (χ2n) is 1.80. The number of benzene rings is 1. The zero-order valence-corrected chi connectivity index (χ0v) is 5.37. The van der Waals surface area contributed by atoms with Crippen LogP contribution in [0.5, 0.6) is 5.75 Å². The van der Waals surface area contributed by atoms with E-state index in [9.17, 15) is 0 Å². The maximum Gasteiger partial charge on any atom is 0.292 e. The van der Waals surface area contributed by atoms with E-state index >= 15 is 0 Å². The molecule has 0 aliphatic carbocycles. The zero-order chi connectivity index (χ0) is 7.40. The summed E-state index contributed by atoms with van der Waals surface area (Å²) in [7, 11) is 0. The van der Waals surface area contributed by atoms with Gasteiger partial charge in [0.05, 0.1) is 0 Å². The van der Waals surface area contributed by atoms with Gasteiger partial charge in [0.1, 0.15) is 5.75 Å². The first-order valence-corrected chi connectivity index (χ1v) is 2.81. The summed E-state index contributed by atoms with van der Waals surface area (Å²) in [6.45, 7) is 3.66. The second kappa shape index (κ2) is 2.88. The van der Waals surface area contributed by atoms with Crippen molar-refractivity contribution in [2.75, 3.05) is 0 Å². The summed E-state index contributed by atoms with van der Waals surface area (Å²) in [4.78, 5) is 0. The Hall–Kier alpha value is -1.49. The fourth-order valence-corrected chi connectivity index (χ4v) is 0.653. The molecule has 0 spiro atoms. The van der Waals surface area contributed by atoms with Gasteiger partial charge >= 0.3 is 0 Å². The van der Waals surface area contributed by atoms with Gasteiger partial charge in [-0.05, 0) is 18.6 Å². The molecule has 1 rings (SSSR count). The molecule has 0 aromatic heterocycles. The van der Waals surface area contributed by atoms with Crippen LogP contribution >= 0.6 is 0 Å². The highest BCUT2D eigenvalue weighted by Gasteiger charge is 1.94. The van der Waals surface area contributed by atoms with Gasteiger partial charge in [-0.15, -0.1) is 5.26 Å². The average Bonchev–Trinajstić information content (AvgIpc) is 1.94. The normalized spacial score (nSPS) is 8.40. The van der Waals surface area contributed by atoms with E-state index in [4.69, 9.17) is 5.26 Å². The number of hydrogen-bond acceptors (Lipinski definition) is 2. The average molecular weight is 132 g/mol. The highest BCUT2D eigenvalue weighted by Crippen LogP contribution is 2.14. The number of para-hydroxylation sites is 1. The Morgan fingerprint density at radius 3 is 2.70 bits per heavy atom. The van der Waals surface area contributed by atoms with E-state index in [-0.39, 0.29) is 0 Å². The van der Waals surface area contributed by atoms with Crippen molar-refractivity contribution in [2.24, 2.45) is 0 Å². The lowest BCUT2D eigenvalue weighted by Crippen LogP contribution is -1.83. The lowest BCUT2D eigenvalue weighted by molar-refractivity contribution is 0.505. The molecule has 0 aliphatic rings. The predicted octanol–water partition coefficient (Wildman–Crippen LogP) is 1.73. The Bertz CT molecular complexity index is 262. The van der Waals surface area contributed by atoms with Gasteiger partial charge in [-0.2, -0.15) is 0 Å². The van der Waals surface area contributed by atoms with E-state index in [2.05, 4.69) is 11.7 Å². The third kappa shape index (κ3) is 1.26. The summed E-state index contributed by atoms with van der Waals surface area (Å²) in [5.74, 6) is 0.519. The molecule has 1 aromatic rings. The van der Waals surface area contributed by atoms with Gasteiger partial charge in [-0.3, -0.25) is 0 Å². The van der Waals surface area contributed by atoms with Crippen molar-refractivity contribution >= 4 is 0 Å². The Kier molecular flexibility index (Phi) is 1.91. The lowest BCUT2D eigenvalue weighted by atomic mass is 10.2. The van der Waals surface area contributed by atoms with Gasteiger partial charge in [0.15, 0.2) is 0 Å². The molecule has 0 fully saturated rings. The molecule has 0 atom stereocenters. The number of rotatable bonds is 1. The van der Waals surface area contributed by atoms with E-state index < -0.39 is 0 Å². The van der Waals surface area contributed by atoms with Gasteiger partial charge in [-0.25, -0.2) is 0 Å². The van der Waals surface area contributed by atoms with Crippen molar-refractivity contribution in [2.45, 2.75) is 0 Å². The smallest absolute Gasteiger partial charge is 0.292 e. The standard InChI is InChI=1S/C8H6NO/c1-7-4-2-3-5-8(7)10-6-9/h2-5H,1H2. The van der Waals surface area contributed by atoms with E-state index in [0.717, 1.165) is 5.56 Å². The molecule has 1 radical (unpaired) electrons. The van der Waals surface area contributed by atoms with Crippen LogP contribution < -0.4 is 4.74 Å². The number of nitrogens with zero attached hydrogens (tertiary/aromatic N) is 1. The summed E-state index contributed by atoms with van der Waals surface area (Å²) in [6.07, 6.45) is 1.58. The summed E-state index contributed by atoms with van der Waals surface area (Å²) in [5.41, 5.74) is 0.726. The third-order valence-corrected chi connectivity index (χ3v) is 1.13. The van der Waals surface area contributed by atoms with E-state index in [1.165, 1.54) is 0 Å². The highest BCUT2D eigenvalue weighted by atomic mass is 16.5. The van der Waals surface area contributed by atoms with Gasteiger partial charge in [0, 0.05) is 0 Å². The lowest BCUT2D eigenvalue weighted by Gasteiger charge is -1.97. The fraction of sp³-hybridized carbons (Fsp3) is 0. The molecule has 2 heteroatoms. The molecular weight excluding hydrogens is 126 g/mol. The summed E-state index contributed by atoms with van der Waals surface area (Å²) in [5, 5.41) is 8.14.